The summed E-state index contributed by atoms with van der Waals surface area (Å²) in [6.45, 7) is 4.47. The Morgan fingerprint density at radius 1 is 1.06 bits per heavy atom. The topological polar surface area (TPSA) is 88.9 Å². The second-order valence-electron chi connectivity index (χ2n) is 9.56. The van der Waals surface area contributed by atoms with E-state index in [4.69, 9.17) is 4.74 Å². The highest BCUT2D eigenvalue weighted by atomic mass is 16.5. The molecule has 2 aromatic heterocycles. The highest BCUT2D eigenvalue weighted by molar-refractivity contribution is 5.80. The highest BCUT2D eigenvalue weighted by Crippen LogP contribution is 2.26. The van der Waals surface area contributed by atoms with Crippen LogP contribution >= 0.6 is 0 Å². The van der Waals surface area contributed by atoms with E-state index in [0.29, 0.717) is 25.7 Å². The number of rotatable bonds is 10. The van der Waals surface area contributed by atoms with Gasteiger partial charge in [0.15, 0.2) is 5.82 Å². The van der Waals surface area contributed by atoms with Crippen molar-refractivity contribution in [3.63, 3.8) is 0 Å². The summed E-state index contributed by atoms with van der Waals surface area (Å²) in [5.74, 6) is 1.65. The minimum Gasteiger partial charge on any atom is -0.494 e. The van der Waals surface area contributed by atoms with E-state index in [1.165, 1.54) is 24.8 Å². The van der Waals surface area contributed by atoms with E-state index >= 15 is 0 Å². The number of hydrogen-bond acceptors (Lipinski definition) is 6. The highest BCUT2D eigenvalue weighted by Gasteiger charge is 2.24. The number of nitrogens with zero attached hydrogens (tertiary/aromatic N) is 5. The third kappa shape index (κ3) is 5.82. The van der Waals surface area contributed by atoms with E-state index in [0.717, 1.165) is 53.8 Å². The van der Waals surface area contributed by atoms with Crippen LogP contribution in [0.15, 0.2) is 59.4 Å². The van der Waals surface area contributed by atoms with Gasteiger partial charge in [0.05, 0.1) is 13.2 Å². The molecule has 1 aliphatic carbocycles. The zero-order valence-corrected chi connectivity index (χ0v) is 20.9. The fourth-order valence-electron chi connectivity index (χ4n) is 5.15. The van der Waals surface area contributed by atoms with Gasteiger partial charge in [-0.1, -0.05) is 49.6 Å². The minimum atomic E-state index is -0.0452. The van der Waals surface area contributed by atoms with Crippen LogP contribution in [-0.2, 0) is 26.1 Å². The molecule has 0 atom stereocenters. The molecule has 0 radical (unpaired) electrons. The van der Waals surface area contributed by atoms with Gasteiger partial charge in [-0.25, -0.2) is 4.68 Å². The molecule has 1 N–H and O–H groups in total. The number of aromatic amines is 1. The number of pyridine rings is 1. The summed E-state index contributed by atoms with van der Waals surface area (Å²) >= 11 is 0. The average Bonchev–Trinajstić information content (AvgIpc) is 3.36. The Balaban J connectivity index is 1.38. The van der Waals surface area contributed by atoms with Crippen molar-refractivity contribution in [2.45, 2.75) is 71.1 Å². The van der Waals surface area contributed by atoms with E-state index in [9.17, 15) is 4.79 Å². The first-order chi connectivity index (χ1) is 17.7. The molecule has 0 unspecified atom stereocenters. The molecule has 2 aromatic carbocycles. The summed E-state index contributed by atoms with van der Waals surface area (Å²) in [6.07, 6.45) is 6.83. The summed E-state index contributed by atoms with van der Waals surface area (Å²) in [4.78, 5) is 18.5. The van der Waals surface area contributed by atoms with Crippen molar-refractivity contribution in [1.29, 1.82) is 0 Å². The number of aromatic nitrogens is 5. The lowest BCUT2D eigenvalue weighted by molar-refractivity contribution is 0.133. The molecule has 8 heteroatoms. The van der Waals surface area contributed by atoms with E-state index in [1.54, 1.807) is 0 Å². The number of H-pyrrole nitrogens is 1. The monoisotopic (exact) mass is 486 g/mol. The molecule has 5 rings (SSSR count). The summed E-state index contributed by atoms with van der Waals surface area (Å²) < 4.78 is 7.58. The van der Waals surface area contributed by atoms with Gasteiger partial charge in [-0.05, 0) is 66.4 Å². The van der Waals surface area contributed by atoms with Gasteiger partial charge < -0.3 is 9.72 Å². The van der Waals surface area contributed by atoms with Gasteiger partial charge in [0.25, 0.3) is 5.56 Å². The van der Waals surface area contributed by atoms with Gasteiger partial charge in [0.1, 0.15) is 5.75 Å². The van der Waals surface area contributed by atoms with Crippen LogP contribution in [0.25, 0.3) is 10.9 Å². The van der Waals surface area contributed by atoms with Crippen LogP contribution in [0.4, 0.5) is 0 Å². The van der Waals surface area contributed by atoms with Crippen molar-refractivity contribution in [2.75, 3.05) is 6.61 Å². The number of aryl methyl sites for hydroxylation is 2. The lowest BCUT2D eigenvalue weighted by Gasteiger charge is -2.33. The standard InChI is InChI=1S/C28H34N6O2/c1-2-36-25-13-14-26-22(18-25)17-23(28(35)29-26)19-33(24-11-7-4-8-12-24)20-27-30-31-32-34(27)16-15-21-9-5-3-6-10-21/h3,5-6,9-10,13-14,17-18,24H,2,4,7-8,11-12,15-16,19-20H2,1H3,(H,29,35). The maximum absolute atomic E-state index is 13.0. The SMILES string of the molecule is CCOc1ccc2[nH]c(=O)c(CN(Cc3nnnn3CCc3ccccc3)C3CCCCC3)cc2c1. The molecule has 0 bridgehead atoms. The van der Waals surface area contributed by atoms with Crippen LogP contribution in [0.5, 0.6) is 5.75 Å². The third-order valence-electron chi connectivity index (χ3n) is 7.07. The molecule has 0 spiro atoms. The summed E-state index contributed by atoms with van der Waals surface area (Å²) in [5, 5.41) is 13.6. The van der Waals surface area contributed by atoms with Crippen molar-refractivity contribution in [3.05, 3.63) is 81.9 Å². The predicted octanol–water partition coefficient (Wildman–Crippen LogP) is 4.49. The van der Waals surface area contributed by atoms with Crippen LogP contribution in [0.1, 0.15) is 56.0 Å². The molecule has 1 saturated carbocycles. The number of fused-ring (bicyclic) bond motifs is 1. The molecule has 0 amide bonds. The molecule has 36 heavy (non-hydrogen) atoms. The van der Waals surface area contributed by atoms with Gasteiger partial charge in [-0.2, -0.15) is 0 Å². The van der Waals surface area contributed by atoms with Crippen molar-refractivity contribution in [1.82, 2.24) is 30.1 Å². The van der Waals surface area contributed by atoms with E-state index < -0.39 is 0 Å². The molecular formula is C28H34N6O2. The maximum atomic E-state index is 13.0. The lowest BCUT2D eigenvalue weighted by atomic mass is 9.93. The smallest absolute Gasteiger partial charge is 0.252 e. The van der Waals surface area contributed by atoms with Crippen LogP contribution in [0.2, 0.25) is 0 Å². The Kier molecular flexibility index (Phi) is 7.71. The van der Waals surface area contributed by atoms with Gasteiger partial charge in [0.2, 0.25) is 0 Å². The summed E-state index contributed by atoms with van der Waals surface area (Å²) in [6, 6.07) is 18.6. The van der Waals surface area contributed by atoms with E-state index in [1.807, 2.05) is 41.9 Å². The van der Waals surface area contributed by atoms with Crippen molar-refractivity contribution in [3.8, 4) is 5.75 Å². The van der Waals surface area contributed by atoms with Crippen LogP contribution < -0.4 is 10.3 Å². The minimum absolute atomic E-state index is 0.0452. The predicted molar refractivity (Wildman–Crippen MR) is 140 cm³/mol. The number of nitrogens with one attached hydrogen (secondary N) is 1. The normalized spacial score (nSPS) is 14.5. The second kappa shape index (κ2) is 11.5. The van der Waals surface area contributed by atoms with Gasteiger partial charge in [0, 0.05) is 35.6 Å². The molecule has 0 saturated heterocycles. The number of hydrogen-bond donors (Lipinski definition) is 1. The average molecular weight is 487 g/mol. The van der Waals surface area contributed by atoms with Crippen LogP contribution in [0.3, 0.4) is 0 Å². The Labute approximate surface area is 211 Å². The zero-order valence-electron chi connectivity index (χ0n) is 20.9. The van der Waals surface area contributed by atoms with Gasteiger partial charge in [-0.15, -0.1) is 5.10 Å². The Hall–Kier alpha value is -3.52. The quantitative estimate of drug-likeness (QED) is 0.355. The molecule has 1 fully saturated rings. The number of tetrazole rings is 1. The second-order valence-corrected chi connectivity index (χ2v) is 9.56. The molecule has 4 aromatic rings. The molecule has 188 valence electrons. The summed E-state index contributed by atoms with van der Waals surface area (Å²) in [7, 11) is 0. The van der Waals surface area contributed by atoms with E-state index in [2.05, 4.69) is 49.7 Å². The van der Waals surface area contributed by atoms with Crippen molar-refractivity contribution >= 4 is 10.9 Å². The number of ether oxygens (including phenoxy) is 1. The Bertz CT molecular complexity index is 1330. The fourth-order valence-corrected chi connectivity index (χ4v) is 5.15. The van der Waals surface area contributed by atoms with Gasteiger partial charge in [-0.3, -0.25) is 9.69 Å². The first-order valence-corrected chi connectivity index (χ1v) is 13.0. The van der Waals surface area contributed by atoms with Gasteiger partial charge >= 0.3 is 0 Å². The van der Waals surface area contributed by atoms with Crippen molar-refractivity contribution in [2.24, 2.45) is 0 Å². The third-order valence-corrected chi connectivity index (χ3v) is 7.07. The van der Waals surface area contributed by atoms with Crippen LogP contribution in [0, 0.1) is 0 Å². The Morgan fingerprint density at radius 2 is 1.89 bits per heavy atom. The largest absolute Gasteiger partial charge is 0.494 e. The molecule has 0 aliphatic heterocycles. The molecule has 2 heterocycles. The first kappa shape index (κ1) is 24.2. The van der Waals surface area contributed by atoms with E-state index in [-0.39, 0.29) is 5.56 Å². The Morgan fingerprint density at radius 3 is 2.69 bits per heavy atom. The maximum Gasteiger partial charge on any atom is 0.252 e. The molecule has 1 aliphatic rings. The first-order valence-electron chi connectivity index (χ1n) is 13.0. The van der Waals surface area contributed by atoms with Crippen molar-refractivity contribution < 1.29 is 4.74 Å². The lowest BCUT2D eigenvalue weighted by Crippen LogP contribution is -2.38. The molecule has 8 nitrogen and oxygen atoms in total. The summed E-state index contributed by atoms with van der Waals surface area (Å²) in [5.41, 5.74) is 2.79. The fraction of sp³-hybridized carbons (Fsp3) is 0.429. The zero-order chi connectivity index (χ0) is 24.7. The van der Waals surface area contributed by atoms with Crippen LogP contribution in [-0.4, -0.2) is 42.7 Å². The number of benzene rings is 2. The molecular weight excluding hydrogens is 452 g/mol.